The molecule has 0 spiro atoms. The molecule has 7 nitrogen and oxygen atoms in total. The summed E-state index contributed by atoms with van der Waals surface area (Å²) < 4.78 is 1.08. The maximum Gasteiger partial charge on any atom is 0.341 e. The van der Waals surface area contributed by atoms with Gasteiger partial charge >= 0.3 is 5.97 Å². The largest absolute Gasteiger partial charge is 0.477 e. The third-order valence-electron chi connectivity index (χ3n) is 4.67. The number of anilines is 1. The summed E-state index contributed by atoms with van der Waals surface area (Å²) in [6.45, 7) is 0. The van der Waals surface area contributed by atoms with E-state index in [9.17, 15) is 19.2 Å². The number of ketones is 1. The lowest BCUT2D eigenvalue weighted by Gasteiger charge is -2.10. The fraction of sp³-hybridized carbons (Fsp3) is 0.0476. The van der Waals surface area contributed by atoms with Crippen LogP contribution in [0, 0.1) is 0 Å². The summed E-state index contributed by atoms with van der Waals surface area (Å²) in [6, 6.07) is 13.2. The van der Waals surface area contributed by atoms with Crippen molar-refractivity contribution in [3.63, 3.8) is 0 Å². The van der Waals surface area contributed by atoms with Crippen molar-refractivity contribution in [1.82, 2.24) is 4.57 Å². The number of aromatic carboxylic acids is 1. The van der Waals surface area contributed by atoms with Crippen molar-refractivity contribution in [2.45, 2.75) is 0 Å². The number of fused-ring (bicyclic) bond motifs is 3. The van der Waals surface area contributed by atoms with Crippen LogP contribution >= 0.6 is 0 Å². The molecule has 2 N–H and O–H groups in total. The number of hydrogen-bond acceptors (Lipinski definition) is 4. The van der Waals surface area contributed by atoms with Crippen LogP contribution < -0.4 is 10.9 Å². The molecule has 1 aromatic heterocycles. The Morgan fingerprint density at radius 1 is 0.929 bits per heavy atom. The quantitative estimate of drug-likeness (QED) is 0.573. The fourth-order valence-electron chi connectivity index (χ4n) is 3.39. The molecule has 1 heterocycles. The second-order valence-corrected chi connectivity index (χ2v) is 6.42. The summed E-state index contributed by atoms with van der Waals surface area (Å²) in [5.74, 6) is -2.18. The van der Waals surface area contributed by atoms with Crippen LogP contribution in [-0.4, -0.2) is 27.3 Å². The van der Waals surface area contributed by atoms with Gasteiger partial charge in [-0.15, -0.1) is 0 Å². The van der Waals surface area contributed by atoms with Crippen LogP contribution in [0.4, 0.5) is 5.69 Å². The number of rotatable bonds is 3. The number of nitrogens with zero attached hydrogens (tertiary/aromatic N) is 1. The number of nitrogens with one attached hydrogen (secondary N) is 1. The van der Waals surface area contributed by atoms with Crippen LogP contribution in [0.1, 0.15) is 36.6 Å². The molecule has 3 aromatic rings. The molecule has 0 aliphatic heterocycles. The maximum absolute atomic E-state index is 12.8. The summed E-state index contributed by atoms with van der Waals surface area (Å²) >= 11 is 0. The number of benzene rings is 2. The van der Waals surface area contributed by atoms with Gasteiger partial charge in [0.05, 0.1) is 11.3 Å². The minimum Gasteiger partial charge on any atom is -0.477 e. The number of hydrogen-bond donors (Lipinski definition) is 2. The molecule has 1 aliphatic carbocycles. The Morgan fingerprint density at radius 3 is 2.32 bits per heavy atom. The SMILES string of the molecule is Cn1cc(NC(=O)c2cccc3c2C(=O)c2ccccc2-3)cc(C(=O)O)c1=O. The van der Waals surface area contributed by atoms with E-state index in [1.807, 2.05) is 12.1 Å². The Hall–Kier alpha value is -4.00. The van der Waals surface area contributed by atoms with Crippen LogP contribution in [0.25, 0.3) is 11.1 Å². The highest BCUT2D eigenvalue weighted by molar-refractivity contribution is 6.26. The summed E-state index contributed by atoms with van der Waals surface area (Å²) in [5.41, 5.74) is 1.48. The summed E-state index contributed by atoms with van der Waals surface area (Å²) in [4.78, 5) is 48.8. The molecular formula is C21H14N2O5. The van der Waals surface area contributed by atoms with Gasteiger partial charge in [-0.3, -0.25) is 14.4 Å². The monoisotopic (exact) mass is 374 g/mol. The first-order chi connectivity index (χ1) is 13.4. The van der Waals surface area contributed by atoms with E-state index in [2.05, 4.69) is 5.32 Å². The topological polar surface area (TPSA) is 105 Å². The maximum atomic E-state index is 12.8. The summed E-state index contributed by atoms with van der Waals surface area (Å²) in [7, 11) is 1.39. The normalized spacial score (nSPS) is 11.7. The van der Waals surface area contributed by atoms with Gasteiger partial charge in [0.1, 0.15) is 5.56 Å². The lowest BCUT2D eigenvalue weighted by Crippen LogP contribution is -2.25. The molecule has 4 rings (SSSR count). The summed E-state index contributed by atoms with van der Waals surface area (Å²) in [5, 5.41) is 11.7. The lowest BCUT2D eigenvalue weighted by molar-refractivity contribution is 0.0693. The highest BCUT2D eigenvalue weighted by Gasteiger charge is 2.30. The molecule has 28 heavy (non-hydrogen) atoms. The Kier molecular flexibility index (Phi) is 3.93. The molecule has 2 aromatic carbocycles. The van der Waals surface area contributed by atoms with Crippen LogP contribution in [0.5, 0.6) is 0 Å². The molecule has 1 amide bonds. The number of pyridine rings is 1. The molecule has 0 fully saturated rings. The predicted molar refractivity (Wildman–Crippen MR) is 102 cm³/mol. The third kappa shape index (κ3) is 2.61. The molecule has 0 unspecified atom stereocenters. The number of carbonyl (C=O) groups excluding carboxylic acids is 2. The zero-order chi connectivity index (χ0) is 20.0. The summed E-state index contributed by atoms with van der Waals surface area (Å²) in [6.07, 6.45) is 1.33. The first kappa shape index (κ1) is 17.4. The first-order valence-corrected chi connectivity index (χ1v) is 8.41. The Balaban J connectivity index is 1.75. The minimum atomic E-state index is -1.39. The molecule has 0 saturated heterocycles. The van der Waals surface area contributed by atoms with Gasteiger partial charge in [-0.25, -0.2) is 4.79 Å². The van der Waals surface area contributed by atoms with Gasteiger partial charge in [-0.1, -0.05) is 36.4 Å². The van der Waals surface area contributed by atoms with Gasteiger partial charge in [0, 0.05) is 24.4 Å². The van der Waals surface area contributed by atoms with Crippen molar-refractivity contribution in [1.29, 1.82) is 0 Å². The van der Waals surface area contributed by atoms with Gasteiger partial charge in [0.2, 0.25) is 0 Å². The van der Waals surface area contributed by atoms with Crippen LogP contribution in [0.3, 0.4) is 0 Å². The molecule has 7 heteroatoms. The first-order valence-electron chi connectivity index (χ1n) is 8.41. The van der Waals surface area contributed by atoms with E-state index in [0.717, 1.165) is 16.2 Å². The van der Waals surface area contributed by atoms with Gasteiger partial charge in [-0.2, -0.15) is 0 Å². The number of aromatic nitrogens is 1. The van der Waals surface area contributed by atoms with Crippen molar-refractivity contribution in [3.8, 4) is 11.1 Å². The predicted octanol–water partition coefficient (Wildman–Crippen LogP) is 2.55. The van der Waals surface area contributed by atoms with Gasteiger partial charge < -0.3 is 15.0 Å². The van der Waals surface area contributed by atoms with Gasteiger partial charge in [0.15, 0.2) is 5.78 Å². The average molecular weight is 374 g/mol. The van der Waals surface area contributed by atoms with Crippen molar-refractivity contribution in [2.75, 3.05) is 5.32 Å². The number of carboxylic acids is 1. The zero-order valence-electron chi connectivity index (χ0n) is 14.7. The van der Waals surface area contributed by atoms with Gasteiger partial charge in [0.25, 0.3) is 11.5 Å². The lowest BCUT2D eigenvalue weighted by atomic mass is 10.0. The highest BCUT2D eigenvalue weighted by atomic mass is 16.4. The molecular weight excluding hydrogens is 360 g/mol. The van der Waals surface area contributed by atoms with Crippen molar-refractivity contribution in [3.05, 3.63) is 87.3 Å². The molecule has 1 aliphatic rings. The Labute approximate surface area is 158 Å². The number of carboxylic acid groups (broad SMARTS) is 1. The van der Waals surface area contributed by atoms with E-state index in [1.54, 1.807) is 24.3 Å². The standard InChI is InChI=1S/C21H14N2O5/c1-23-10-11(9-16(20(23)26)21(27)28)22-19(25)15-8-4-7-13-12-5-2-3-6-14(12)18(24)17(13)15/h2-10H,1H3,(H,22,25)(H,27,28). The highest BCUT2D eigenvalue weighted by Crippen LogP contribution is 2.38. The van der Waals surface area contributed by atoms with Crippen LogP contribution in [0.2, 0.25) is 0 Å². The van der Waals surface area contributed by atoms with Crippen molar-refractivity contribution >= 4 is 23.3 Å². The number of carbonyl (C=O) groups is 3. The van der Waals surface area contributed by atoms with E-state index in [-0.39, 0.29) is 17.0 Å². The minimum absolute atomic E-state index is 0.144. The van der Waals surface area contributed by atoms with Crippen molar-refractivity contribution in [2.24, 2.45) is 7.05 Å². The van der Waals surface area contributed by atoms with Crippen LogP contribution in [-0.2, 0) is 7.05 Å². The molecule has 0 radical (unpaired) electrons. The number of amides is 1. The van der Waals surface area contributed by atoms with Crippen molar-refractivity contribution < 1.29 is 19.5 Å². The molecule has 0 saturated carbocycles. The van der Waals surface area contributed by atoms with Gasteiger partial charge in [-0.05, 0) is 23.3 Å². The molecule has 138 valence electrons. The second-order valence-electron chi connectivity index (χ2n) is 6.42. The number of aryl methyl sites for hydroxylation is 1. The Morgan fingerprint density at radius 2 is 1.61 bits per heavy atom. The molecule has 0 bridgehead atoms. The fourth-order valence-corrected chi connectivity index (χ4v) is 3.39. The van der Waals surface area contributed by atoms with E-state index < -0.39 is 23.0 Å². The van der Waals surface area contributed by atoms with Crippen LogP contribution in [0.15, 0.2) is 59.5 Å². The smallest absolute Gasteiger partial charge is 0.341 e. The van der Waals surface area contributed by atoms with E-state index in [1.165, 1.54) is 19.3 Å². The van der Waals surface area contributed by atoms with E-state index >= 15 is 0 Å². The van der Waals surface area contributed by atoms with E-state index in [4.69, 9.17) is 5.11 Å². The average Bonchev–Trinajstić information content (AvgIpc) is 2.97. The van der Waals surface area contributed by atoms with E-state index in [0.29, 0.717) is 16.7 Å². The third-order valence-corrected chi connectivity index (χ3v) is 4.67. The Bertz CT molecular complexity index is 1240. The second kappa shape index (κ2) is 6.31. The zero-order valence-corrected chi connectivity index (χ0v) is 14.7. The molecule has 0 atom stereocenters.